The largest absolute Gasteiger partial charge is 0.497 e. The molecule has 16 heavy (non-hydrogen) atoms. The molecule has 0 aromatic heterocycles. The molecule has 0 aliphatic rings. The van der Waals surface area contributed by atoms with Crippen LogP contribution >= 0.6 is 11.6 Å². The normalized spacial score (nSPS) is 14.8. The summed E-state index contributed by atoms with van der Waals surface area (Å²) < 4.78 is 58.9. The summed E-state index contributed by atoms with van der Waals surface area (Å²) in [6, 6.07) is 5.21. The van der Waals surface area contributed by atoms with E-state index in [1.807, 2.05) is 0 Å². The maximum atomic E-state index is 12.2. The highest BCUT2D eigenvalue weighted by Crippen LogP contribution is 2.35. The summed E-state index contributed by atoms with van der Waals surface area (Å²) in [6.07, 6.45) is 0. The van der Waals surface area contributed by atoms with Gasteiger partial charge in [0.15, 0.2) is 0 Å². The Morgan fingerprint density at radius 3 is 2.00 bits per heavy atom. The smallest absolute Gasteiger partial charge is 0.219 e. The maximum absolute atomic E-state index is 12.2. The SMILES string of the molecule is CC(c1ccc(Cl)cc1)S(=O)(=O)C(F)(F)F. The minimum absolute atomic E-state index is 0.0572. The molecule has 1 aromatic rings. The number of sulfone groups is 1. The van der Waals surface area contributed by atoms with Crippen molar-refractivity contribution in [3.05, 3.63) is 34.9 Å². The summed E-state index contributed by atoms with van der Waals surface area (Å²) in [4.78, 5) is 0. The second-order valence-electron chi connectivity index (χ2n) is 3.18. The van der Waals surface area contributed by atoms with Gasteiger partial charge in [0.05, 0.1) is 5.25 Å². The van der Waals surface area contributed by atoms with Crippen LogP contribution in [0.15, 0.2) is 24.3 Å². The maximum Gasteiger partial charge on any atom is 0.497 e. The van der Waals surface area contributed by atoms with Gasteiger partial charge in [-0.15, -0.1) is 0 Å². The van der Waals surface area contributed by atoms with E-state index in [0.29, 0.717) is 5.02 Å². The molecular formula is C9H8ClF3O2S. The van der Waals surface area contributed by atoms with Gasteiger partial charge in [-0.3, -0.25) is 0 Å². The summed E-state index contributed by atoms with van der Waals surface area (Å²) in [6.45, 7) is 0.992. The molecule has 0 radical (unpaired) electrons. The van der Waals surface area contributed by atoms with Crippen LogP contribution in [0, 0.1) is 0 Å². The van der Waals surface area contributed by atoms with Crippen molar-refractivity contribution in [2.45, 2.75) is 17.7 Å². The molecule has 1 aromatic carbocycles. The lowest BCUT2D eigenvalue weighted by Crippen LogP contribution is -2.27. The van der Waals surface area contributed by atoms with Crippen LogP contribution in [0.1, 0.15) is 17.7 Å². The molecule has 0 N–H and O–H groups in total. The van der Waals surface area contributed by atoms with Gasteiger partial charge in [0, 0.05) is 5.02 Å². The molecule has 0 aliphatic carbocycles. The predicted molar refractivity (Wildman–Crippen MR) is 54.8 cm³/mol. The Kier molecular flexibility index (Phi) is 3.54. The number of halogens is 4. The second kappa shape index (κ2) is 4.25. The third kappa shape index (κ3) is 2.49. The van der Waals surface area contributed by atoms with Crippen molar-refractivity contribution in [3.8, 4) is 0 Å². The third-order valence-corrected chi connectivity index (χ3v) is 4.23. The molecule has 1 atom stereocenters. The van der Waals surface area contributed by atoms with E-state index >= 15 is 0 Å². The van der Waals surface area contributed by atoms with E-state index in [0.717, 1.165) is 6.92 Å². The molecule has 7 heteroatoms. The topological polar surface area (TPSA) is 34.1 Å². The first-order chi connectivity index (χ1) is 7.16. The van der Waals surface area contributed by atoms with E-state index < -0.39 is 20.6 Å². The van der Waals surface area contributed by atoms with Crippen molar-refractivity contribution in [2.75, 3.05) is 0 Å². The first-order valence-electron chi connectivity index (χ1n) is 4.22. The van der Waals surface area contributed by atoms with Gasteiger partial charge < -0.3 is 0 Å². The van der Waals surface area contributed by atoms with Crippen LogP contribution in [-0.2, 0) is 9.84 Å². The summed E-state index contributed by atoms with van der Waals surface area (Å²) in [7, 11) is -5.19. The van der Waals surface area contributed by atoms with Gasteiger partial charge in [0.1, 0.15) is 0 Å². The Labute approximate surface area is 96.0 Å². The molecule has 0 aliphatic heterocycles. The number of hydrogen-bond acceptors (Lipinski definition) is 2. The number of rotatable bonds is 2. The Morgan fingerprint density at radius 1 is 1.19 bits per heavy atom. The van der Waals surface area contributed by atoms with Gasteiger partial charge in [-0.2, -0.15) is 13.2 Å². The average Bonchev–Trinajstić information content (AvgIpc) is 2.16. The minimum Gasteiger partial charge on any atom is -0.219 e. The van der Waals surface area contributed by atoms with Crippen molar-refractivity contribution in [1.29, 1.82) is 0 Å². The molecule has 0 saturated carbocycles. The summed E-state index contributed by atoms with van der Waals surface area (Å²) in [5.74, 6) is 0. The van der Waals surface area contributed by atoms with E-state index in [-0.39, 0.29) is 5.56 Å². The fourth-order valence-corrected chi connectivity index (χ4v) is 2.16. The minimum atomic E-state index is -5.24. The molecule has 0 spiro atoms. The van der Waals surface area contributed by atoms with Crippen molar-refractivity contribution < 1.29 is 21.6 Å². The van der Waals surface area contributed by atoms with Crippen LogP contribution in [0.3, 0.4) is 0 Å². The quantitative estimate of drug-likeness (QED) is 0.827. The zero-order valence-electron chi connectivity index (χ0n) is 8.12. The van der Waals surface area contributed by atoms with Gasteiger partial charge >= 0.3 is 5.51 Å². The molecule has 2 nitrogen and oxygen atoms in total. The molecule has 0 saturated heterocycles. The first-order valence-corrected chi connectivity index (χ1v) is 6.14. The van der Waals surface area contributed by atoms with Crippen molar-refractivity contribution in [3.63, 3.8) is 0 Å². The molecule has 90 valence electrons. The molecule has 0 fully saturated rings. The van der Waals surface area contributed by atoms with Crippen LogP contribution in [-0.4, -0.2) is 13.9 Å². The van der Waals surface area contributed by atoms with Crippen molar-refractivity contribution in [2.24, 2.45) is 0 Å². The Balaban J connectivity index is 3.13. The summed E-state index contributed by atoms with van der Waals surface area (Å²) in [5.41, 5.74) is -5.19. The van der Waals surface area contributed by atoms with Gasteiger partial charge in [0.2, 0.25) is 0 Å². The molecule has 1 rings (SSSR count). The zero-order chi connectivity index (χ0) is 12.6. The van der Waals surface area contributed by atoms with E-state index in [2.05, 4.69) is 0 Å². The van der Waals surface area contributed by atoms with Gasteiger partial charge in [-0.05, 0) is 24.6 Å². The highest BCUT2D eigenvalue weighted by molar-refractivity contribution is 7.92. The highest BCUT2D eigenvalue weighted by Gasteiger charge is 2.49. The Hall–Kier alpha value is -0.750. The Morgan fingerprint density at radius 2 is 1.62 bits per heavy atom. The molecule has 0 heterocycles. The standard InChI is InChI=1S/C9H8ClF3O2S/c1-6(16(14,15)9(11,12)13)7-2-4-8(10)5-3-7/h2-6H,1H3. The Bertz CT molecular complexity index is 465. The van der Waals surface area contributed by atoms with Crippen LogP contribution in [0.25, 0.3) is 0 Å². The molecule has 0 amide bonds. The lowest BCUT2D eigenvalue weighted by Gasteiger charge is -2.15. The summed E-state index contributed by atoms with van der Waals surface area (Å²) >= 11 is 5.55. The molecule has 1 unspecified atom stereocenters. The van der Waals surface area contributed by atoms with Crippen LogP contribution in [0.5, 0.6) is 0 Å². The fraction of sp³-hybridized carbons (Fsp3) is 0.333. The number of hydrogen-bond donors (Lipinski definition) is 0. The van der Waals surface area contributed by atoms with Gasteiger partial charge in [-0.1, -0.05) is 23.7 Å². The average molecular weight is 273 g/mol. The fourth-order valence-electron chi connectivity index (χ4n) is 1.11. The number of benzene rings is 1. The lowest BCUT2D eigenvalue weighted by molar-refractivity contribution is -0.0443. The van der Waals surface area contributed by atoms with Crippen LogP contribution < -0.4 is 0 Å². The predicted octanol–water partition coefficient (Wildman–Crippen LogP) is 3.34. The van der Waals surface area contributed by atoms with E-state index in [1.54, 1.807) is 0 Å². The van der Waals surface area contributed by atoms with Crippen molar-refractivity contribution in [1.82, 2.24) is 0 Å². The molecular weight excluding hydrogens is 265 g/mol. The van der Waals surface area contributed by atoms with E-state index in [4.69, 9.17) is 11.6 Å². The van der Waals surface area contributed by atoms with Crippen LogP contribution in [0.2, 0.25) is 5.02 Å². The van der Waals surface area contributed by atoms with Gasteiger partial charge in [0.25, 0.3) is 9.84 Å². The van der Waals surface area contributed by atoms with Gasteiger partial charge in [-0.25, -0.2) is 8.42 Å². The summed E-state index contributed by atoms with van der Waals surface area (Å²) in [5, 5.41) is -1.30. The second-order valence-corrected chi connectivity index (χ2v) is 5.88. The van der Waals surface area contributed by atoms with E-state index in [9.17, 15) is 21.6 Å². The lowest BCUT2D eigenvalue weighted by atomic mass is 10.2. The highest BCUT2D eigenvalue weighted by atomic mass is 35.5. The molecule has 0 bridgehead atoms. The number of alkyl halides is 3. The van der Waals surface area contributed by atoms with Crippen molar-refractivity contribution >= 4 is 21.4 Å². The first kappa shape index (κ1) is 13.3. The zero-order valence-corrected chi connectivity index (χ0v) is 9.70. The monoisotopic (exact) mass is 272 g/mol. The third-order valence-electron chi connectivity index (χ3n) is 2.13. The van der Waals surface area contributed by atoms with E-state index in [1.165, 1.54) is 24.3 Å². The van der Waals surface area contributed by atoms with Crippen LogP contribution in [0.4, 0.5) is 13.2 Å².